The molecule has 1 aromatic rings. The number of carbonyl (C=O) groups is 1. The van der Waals surface area contributed by atoms with E-state index in [0.29, 0.717) is 11.8 Å². The summed E-state index contributed by atoms with van der Waals surface area (Å²) in [5.74, 6) is 1.38. The zero-order valence-corrected chi connectivity index (χ0v) is 15.6. The van der Waals surface area contributed by atoms with Crippen LogP contribution in [0, 0.1) is 11.8 Å². The molecular formula is C19H28BrN2O+. The third-order valence-corrected chi connectivity index (χ3v) is 5.91. The number of nitrogens with one attached hydrogen (secondary N) is 1. The number of carbonyl (C=O) groups excluding carboxylic acids is 1. The molecule has 3 rings (SSSR count). The number of hydrogen-bond donors (Lipinski definition) is 1. The smallest absolute Gasteiger partial charge is 0.226 e. The van der Waals surface area contributed by atoms with Crippen molar-refractivity contribution in [3.63, 3.8) is 0 Å². The van der Waals surface area contributed by atoms with Crippen molar-refractivity contribution in [2.75, 3.05) is 26.2 Å². The Hall–Kier alpha value is -0.870. The van der Waals surface area contributed by atoms with Crippen LogP contribution in [0.15, 0.2) is 28.7 Å². The first kappa shape index (κ1) is 17.0. The van der Waals surface area contributed by atoms with E-state index < -0.39 is 0 Å². The van der Waals surface area contributed by atoms with Crippen LogP contribution in [0.4, 0.5) is 0 Å². The van der Waals surface area contributed by atoms with Gasteiger partial charge < -0.3 is 9.80 Å². The van der Waals surface area contributed by atoms with Crippen molar-refractivity contribution in [3.05, 3.63) is 34.3 Å². The van der Waals surface area contributed by atoms with E-state index in [9.17, 15) is 4.79 Å². The second-order valence-electron chi connectivity index (χ2n) is 7.36. The molecule has 3 nitrogen and oxygen atoms in total. The van der Waals surface area contributed by atoms with Gasteiger partial charge in [-0.1, -0.05) is 35.0 Å². The Balaban J connectivity index is 1.48. The summed E-state index contributed by atoms with van der Waals surface area (Å²) < 4.78 is 1.14. The minimum atomic E-state index is 0.272. The lowest BCUT2D eigenvalue weighted by molar-refractivity contribution is -0.919. The van der Waals surface area contributed by atoms with Crippen LogP contribution in [0.3, 0.4) is 0 Å². The molecule has 2 heterocycles. The minimum absolute atomic E-state index is 0.272. The molecule has 2 aliphatic rings. The fourth-order valence-corrected chi connectivity index (χ4v) is 4.25. The van der Waals surface area contributed by atoms with E-state index in [-0.39, 0.29) is 5.92 Å². The van der Waals surface area contributed by atoms with Gasteiger partial charge >= 0.3 is 0 Å². The first-order valence-corrected chi connectivity index (χ1v) is 9.78. The number of halogens is 1. The number of quaternary nitrogens is 1. The summed E-state index contributed by atoms with van der Waals surface area (Å²) in [5.41, 5.74) is 1.39. The lowest BCUT2D eigenvalue weighted by atomic mass is 9.92. The van der Waals surface area contributed by atoms with Gasteiger partial charge in [0.25, 0.3) is 0 Å². The summed E-state index contributed by atoms with van der Waals surface area (Å²) in [6, 6.07) is 8.62. The van der Waals surface area contributed by atoms with Gasteiger partial charge in [0.2, 0.25) is 5.91 Å². The van der Waals surface area contributed by atoms with Crippen LogP contribution >= 0.6 is 15.9 Å². The van der Waals surface area contributed by atoms with E-state index in [0.717, 1.165) is 50.0 Å². The second kappa shape index (κ2) is 7.80. The molecule has 23 heavy (non-hydrogen) atoms. The van der Waals surface area contributed by atoms with Crippen molar-refractivity contribution in [2.45, 2.75) is 39.2 Å². The summed E-state index contributed by atoms with van der Waals surface area (Å²) in [4.78, 5) is 16.5. The summed E-state index contributed by atoms with van der Waals surface area (Å²) >= 11 is 3.49. The average molecular weight is 380 g/mol. The zero-order chi connectivity index (χ0) is 16.2. The quantitative estimate of drug-likeness (QED) is 0.857. The molecule has 0 saturated carbocycles. The molecule has 1 aromatic carbocycles. The monoisotopic (exact) mass is 379 g/mol. The highest BCUT2D eigenvalue weighted by Crippen LogP contribution is 2.21. The zero-order valence-electron chi connectivity index (χ0n) is 14.1. The lowest BCUT2D eigenvalue weighted by Crippen LogP contribution is -3.11. The van der Waals surface area contributed by atoms with Crippen LogP contribution < -0.4 is 4.90 Å². The summed E-state index contributed by atoms with van der Waals surface area (Å²) in [6.45, 7) is 7.55. The van der Waals surface area contributed by atoms with Crippen molar-refractivity contribution >= 4 is 21.8 Å². The Kier molecular flexibility index (Phi) is 5.76. The van der Waals surface area contributed by atoms with Gasteiger partial charge in [-0.05, 0) is 30.9 Å². The Bertz CT molecular complexity index is 523. The van der Waals surface area contributed by atoms with E-state index in [1.54, 1.807) is 4.90 Å². The van der Waals surface area contributed by atoms with Gasteiger partial charge in [0.15, 0.2) is 0 Å². The normalized spacial score (nSPS) is 28.6. The van der Waals surface area contributed by atoms with E-state index in [4.69, 9.17) is 0 Å². The maximum absolute atomic E-state index is 12.7. The largest absolute Gasteiger partial charge is 0.342 e. The molecule has 0 aliphatic carbocycles. The second-order valence-corrected chi connectivity index (χ2v) is 8.27. The molecule has 2 aliphatic heterocycles. The Morgan fingerprint density at radius 2 is 1.91 bits per heavy atom. The molecule has 2 fully saturated rings. The van der Waals surface area contributed by atoms with Crippen LogP contribution in [-0.2, 0) is 11.3 Å². The molecule has 0 bridgehead atoms. The molecule has 1 atom stereocenters. The average Bonchev–Trinajstić information content (AvgIpc) is 2.57. The fourth-order valence-electron chi connectivity index (χ4n) is 3.99. The number of rotatable bonds is 3. The maximum Gasteiger partial charge on any atom is 0.226 e. The first-order chi connectivity index (χ1) is 11.1. The molecule has 2 saturated heterocycles. The van der Waals surface area contributed by atoms with Crippen molar-refractivity contribution in [2.24, 2.45) is 11.8 Å². The summed E-state index contributed by atoms with van der Waals surface area (Å²) in [6.07, 6.45) is 4.56. The maximum atomic E-state index is 12.7. The number of likely N-dealkylation sites (tertiary alicyclic amines) is 2. The fraction of sp³-hybridized carbons (Fsp3) is 0.632. The Morgan fingerprint density at radius 1 is 1.22 bits per heavy atom. The van der Waals surface area contributed by atoms with E-state index in [1.165, 1.54) is 18.4 Å². The van der Waals surface area contributed by atoms with Crippen LogP contribution in [-0.4, -0.2) is 37.0 Å². The summed E-state index contributed by atoms with van der Waals surface area (Å²) in [7, 11) is 0. The van der Waals surface area contributed by atoms with Crippen LogP contribution in [0.25, 0.3) is 0 Å². The summed E-state index contributed by atoms with van der Waals surface area (Å²) in [5, 5.41) is 0. The third kappa shape index (κ3) is 4.57. The number of piperidine rings is 2. The van der Waals surface area contributed by atoms with E-state index in [1.807, 2.05) is 0 Å². The number of benzene rings is 1. The molecule has 4 heteroatoms. The highest BCUT2D eigenvalue weighted by Gasteiger charge is 2.32. The number of hydrogen-bond acceptors (Lipinski definition) is 1. The number of nitrogens with zero attached hydrogens (tertiary/aromatic N) is 1. The standard InChI is InChI=1S/C19H27BrN2O/c1-15-3-2-10-22(13-15)19(23)17-8-11-21(12-9-17)14-16-4-6-18(20)7-5-16/h4-7,15,17H,2-3,8-14H2,1H3/p+1/t15-/m0/s1. The SMILES string of the molecule is C[C@H]1CCCN(C(=O)C2CC[NH+](Cc3ccc(Br)cc3)CC2)C1. The van der Waals surface area contributed by atoms with Crippen molar-refractivity contribution < 1.29 is 9.69 Å². The van der Waals surface area contributed by atoms with E-state index in [2.05, 4.69) is 52.0 Å². The van der Waals surface area contributed by atoms with Crippen molar-refractivity contribution in [1.82, 2.24) is 4.90 Å². The predicted molar refractivity (Wildman–Crippen MR) is 96.2 cm³/mol. The molecule has 0 radical (unpaired) electrons. The van der Waals surface area contributed by atoms with E-state index >= 15 is 0 Å². The highest BCUT2D eigenvalue weighted by atomic mass is 79.9. The minimum Gasteiger partial charge on any atom is -0.342 e. The molecule has 0 aromatic heterocycles. The lowest BCUT2D eigenvalue weighted by Gasteiger charge is -2.36. The molecule has 1 N–H and O–H groups in total. The Labute approximate surface area is 148 Å². The van der Waals surface area contributed by atoms with Gasteiger partial charge in [-0.3, -0.25) is 4.79 Å². The van der Waals surface area contributed by atoms with Gasteiger partial charge in [0, 0.05) is 41.9 Å². The predicted octanol–water partition coefficient (Wildman–Crippen LogP) is 2.50. The third-order valence-electron chi connectivity index (χ3n) is 5.38. The highest BCUT2D eigenvalue weighted by molar-refractivity contribution is 9.10. The van der Waals surface area contributed by atoms with Crippen molar-refractivity contribution in [1.29, 1.82) is 0 Å². The molecule has 126 valence electrons. The van der Waals surface area contributed by atoms with Gasteiger partial charge in [0.05, 0.1) is 13.1 Å². The van der Waals surface area contributed by atoms with Gasteiger partial charge in [-0.2, -0.15) is 0 Å². The topological polar surface area (TPSA) is 24.8 Å². The molecule has 1 amide bonds. The van der Waals surface area contributed by atoms with Crippen LogP contribution in [0.2, 0.25) is 0 Å². The first-order valence-electron chi connectivity index (χ1n) is 8.98. The molecule has 0 unspecified atom stereocenters. The number of amides is 1. The van der Waals surface area contributed by atoms with Crippen LogP contribution in [0.1, 0.15) is 38.2 Å². The van der Waals surface area contributed by atoms with Gasteiger partial charge in [0.1, 0.15) is 6.54 Å². The van der Waals surface area contributed by atoms with Gasteiger partial charge in [-0.25, -0.2) is 0 Å². The molecule has 0 spiro atoms. The van der Waals surface area contributed by atoms with Crippen LogP contribution in [0.5, 0.6) is 0 Å². The molecular weight excluding hydrogens is 352 g/mol. The Morgan fingerprint density at radius 3 is 2.57 bits per heavy atom. The van der Waals surface area contributed by atoms with Gasteiger partial charge in [-0.15, -0.1) is 0 Å². The van der Waals surface area contributed by atoms with Crippen molar-refractivity contribution in [3.8, 4) is 0 Å².